The van der Waals surface area contributed by atoms with E-state index in [2.05, 4.69) is 10.6 Å². The van der Waals surface area contributed by atoms with Crippen LogP contribution in [0.1, 0.15) is 53.4 Å². The summed E-state index contributed by atoms with van der Waals surface area (Å²) in [7, 11) is -9.04. The molecule has 0 amide bonds. The molecule has 6 N–H and O–H groups in total. The van der Waals surface area contributed by atoms with Gasteiger partial charge in [0.25, 0.3) is 0 Å². The molecule has 0 saturated heterocycles. The van der Waals surface area contributed by atoms with Gasteiger partial charge in [0.2, 0.25) is 0 Å². The van der Waals surface area contributed by atoms with Crippen LogP contribution < -0.4 is 10.6 Å². The second-order valence-electron chi connectivity index (χ2n) is 7.07. The van der Waals surface area contributed by atoms with E-state index in [1.807, 2.05) is 0 Å². The fourth-order valence-electron chi connectivity index (χ4n) is 2.23. The molecular formula is C13H30N2O8P2S. The van der Waals surface area contributed by atoms with Gasteiger partial charge in [-0.1, -0.05) is 0 Å². The van der Waals surface area contributed by atoms with Crippen LogP contribution in [0, 0.1) is 0 Å². The predicted molar refractivity (Wildman–Crippen MR) is 101 cm³/mol. The van der Waals surface area contributed by atoms with E-state index in [-0.39, 0.29) is 0 Å². The maximum atomic E-state index is 10.9. The number of phosphoric ester groups is 2. The predicted octanol–water partition coefficient (Wildman–Crippen LogP) is 1.79. The fraction of sp³-hybridized carbons (Fsp3) is 0.923. The largest absolute Gasteiger partial charge is 0.470 e. The number of thiocarbonyl (C=S) groups is 1. The van der Waals surface area contributed by atoms with Crippen molar-refractivity contribution in [2.75, 3.05) is 13.1 Å². The van der Waals surface area contributed by atoms with E-state index < -0.39 is 26.8 Å². The number of hydrogen-bond donors (Lipinski definition) is 6. The summed E-state index contributed by atoms with van der Waals surface area (Å²) >= 11 is 5.11. The van der Waals surface area contributed by atoms with Crippen LogP contribution in [0.3, 0.4) is 0 Å². The first-order valence-corrected chi connectivity index (χ1v) is 11.5. The molecule has 0 fully saturated rings. The number of hydrogen-bond acceptors (Lipinski definition) is 5. The highest BCUT2D eigenvalue weighted by Crippen LogP contribution is 2.43. The molecule has 0 aliphatic heterocycles. The van der Waals surface area contributed by atoms with Crippen LogP contribution in [0.5, 0.6) is 0 Å². The summed E-state index contributed by atoms with van der Waals surface area (Å²) in [6.45, 7) is 7.42. The number of nitrogens with one attached hydrogen (secondary N) is 2. The van der Waals surface area contributed by atoms with Gasteiger partial charge in [0.1, 0.15) is 0 Å². The minimum absolute atomic E-state index is 0.424. The molecule has 0 aromatic heterocycles. The van der Waals surface area contributed by atoms with Crippen LogP contribution in [-0.4, -0.2) is 49.0 Å². The standard InChI is InChI=1S/C13H30N2O8P2S/c1-12(2,22-24(16,17)18)7-5-9-14-11(26)15-10-6-8-13(3,4)23-25(19,20)21/h5-10H2,1-4H3,(H2,14,15,26)(H2,16,17,18)(H2,19,20,21). The van der Waals surface area contributed by atoms with E-state index in [1.165, 1.54) is 0 Å². The second kappa shape index (κ2) is 10.5. The fourth-order valence-corrected chi connectivity index (χ4v) is 3.90. The number of rotatable bonds is 12. The van der Waals surface area contributed by atoms with Gasteiger partial charge in [-0.05, 0) is 65.6 Å². The van der Waals surface area contributed by atoms with Gasteiger partial charge < -0.3 is 30.2 Å². The van der Waals surface area contributed by atoms with Crippen molar-refractivity contribution in [1.29, 1.82) is 0 Å². The zero-order valence-corrected chi connectivity index (χ0v) is 18.1. The molecular weight excluding hydrogens is 406 g/mol. The molecule has 0 spiro atoms. The lowest BCUT2D eigenvalue weighted by Crippen LogP contribution is -2.37. The first-order valence-electron chi connectivity index (χ1n) is 8.06. The summed E-state index contributed by atoms with van der Waals surface area (Å²) in [6.07, 6.45) is 2.05. The quantitative estimate of drug-likeness (QED) is 0.150. The molecule has 0 aromatic carbocycles. The molecule has 0 radical (unpaired) electrons. The molecule has 0 aliphatic rings. The molecule has 0 heterocycles. The van der Waals surface area contributed by atoms with Crippen molar-refractivity contribution in [2.24, 2.45) is 0 Å². The average Bonchev–Trinajstić information content (AvgIpc) is 2.34. The summed E-state index contributed by atoms with van der Waals surface area (Å²) in [4.78, 5) is 35.3. The van der Waals surface area contributed by atoms with E-state index in [9.17, 15) is 9.13 Å². The summed E-state index contributed by atoms with van der Waals surface area (Å²) < 4.78 is 31.1. The Hall–Kier alpha value is -0.0900. The lowest BCUT2D eigenvalue weighted by molar-refractivity contribution is 0.0553. The SMILES string of the molecule is CC(C)(CCCNC(=S)NCCCC(C)(C)OP(=O)(O)O)OP(=O)(O)O. The van der Waals surface area contributed by atoms with Gasteiger partial charge in [-0.2, -0.15) is 0 Å². The van der Waals surface area contributed by atoms with Gasteiger partial charge in [-0.15, -0.1) is 0 Å². The smallest absolute Gasteiger partial charge is 0.363 e. The highest BCUT2D eigenvalue weighted by atomic mass is 32.1. The van der Waals surface area contributed by atoms with Crippen LogP contribution in [0.2, 0.25) is 0 Å². The lowest BCUT2D eigenvalue weighted by Gasteiger charge is -2.25. The molecule has 0 aromatic rings. The lowest BCUT2D eigenvalue weighted by atomic mass is 10.0. The Morgan fingerprint density at radius 1 is 0.846 bits per heavy atom. The van der Waals surface area contributed by atoms with E-state index in [4.69, 9.17) is 40.8 Å². The molecule has 0 unspecified atom stereocenters. The Bertz CT molecular complexity index is 500. The van der Waals surface area contributed by atoms with Crippen LogP contribution in [0.4, 0.5) is 0 Å². The van der Waals surface area contributed by atoms with Crippen LogP contribution in [0.25, 0.3) is 0 Å². The zero-order valence-electron chi connectivity index (χ0n) is 15.5. The first kappa shape index (κ1) is 25.9. The average molecular weight is 436 g/mol. The molecule has 156 valence electrons. The normalized spacial score (nSPS) is 13.5. The topological polar surface area (TPSA) is 158 Å². The molecule has 0 aliphatic carbocycles. The van der Waals surface area contributed by atoms with Crippen molar-refractivity contribution in [1.82, 2.24) is 10.6 Å². The van der Waals surface area contributed by atoms with Gasteiger partial charge in [-0.25, -0.2) is 9.13 Å². The van der Waals surface area contributed by atoms with Gasteiger partial charge in [0.15, 0.2) is 5.11 Å². The van der Waals surface area contributed by atoms with Crippen LogP contribution in [-0.2, 0) is 18.2 Å². The van der Waals surface area contributed by atoms with Gasteiger partial charge in [0.05, 0.1) is 11.2 Å². The summed E-state index contributed by atoms with van der Waals surface area (Å²) in [5.74, 6) is 0. The molecule has 10 nitrogen and oxygen atoms in total. The minimum atomic E-state index is -4.52. The Kier molecular flexibility index (Phi) is 10.4. The van der Waals surface area contributed by atoms with Crippen LogP contribution >= 0.6 is 27.9 Å². The van der Waals surface area contributed by atoms with E-state index in [1.54, 1.807) is 27.7 Å². The van der Waals surface area contributed by atoms with Crippen LogP contribution in [0.15, 0.2) is 0 Å². The van der Waals surface area contributed by atoms with Gasteiger partial charge in [0, 0.05) is 13.1 Å². The van der Waals surface area contributed by atoms with Gasteiger partial charge in [-0.3, -0.25) is 9.05 Å². The third-order valence-electron chi connectivity index (χ3n) is 3.21. The minimum Gasteiger partial charge on any atom is -0.363 e. The molecule has 0 atom stereocenters. The third-order valence-corrected chi connectivity index (χ3v) is 4.97. The Morgan fingerprint density at radius 2 is 1.15 bits per heavy atom. The van der Waals surface area contributed by atoms with Crippen molar-refractivity contribution in [3.05, 3.63) is 0 Å². The Morgan fingerprint density at radius 3 is 1.42 bits per heavy atom. The van der Waals surface area contributed by atoms with Crippen molar-refractivity contribution in [3.63, 3.8) is 0 Å². The first-order chi connectivity index (χ1) is 11.5. The summed E-state index contributed by atoms with van der Waals surface area (Å²) in [5.41, 5.74) is -1.89. The highest BCUT2D eigenvalue weighted by Gasteiger charge is 2.29. The van der Waals surface area contributed by atoms with Crippen molar-refractivity contribution in [2.45, 2.75) is 64.6 Å². The molecule has 0 bridgehead atoms. The van der Waals surface area contributed by atoms with Gasteiger partial charge >= 0.3 is 15.6 Å². The maximum absolute atomic E-state index is 10.9. The number of phosphoric acid groups is 2. The van der Waals surface area contributed by atoms with Crippen molar-refractivity contribution < 1.29 is 37.8 Å². The Labute approximate surface area is 159 Å². The second-order valence-corrected chi connectivity index (χ2v) is 9.81. The van der Waals surface area contributed by atoms with E-state index in [0.717, 1.165) is 0 Å². The Balaban J connectivity index is 3.91. The van der Waals surface area contributed by atoms with Crippen molar-refractivity contribution >= 4 is 33.0 Å². The summed E-state index contributed by atoms with van der Waals surface area (Å²) in [6, 6.07) is 0. The summed E-state index contributed by atoms with van der Waals surface area (Å²) in [5, 5.41) is 6.36. The highest BCUT2D eigenvalue weighted by molar-refractivity contribution is 7.80. The van der Waals surface area contributed by atoms with E-state index >= 15 is 0 Å². The van der Waals surface area contributed by atoms with E-state index in [0.29, 0.717) is 43.9 Å². The zero-order chi connectivity index (χ0) is 20.6. The molecule has 0 saturated carbocycles. The maximum Gasteiger partial charge on any atom is 0.470 e. The third kappa shape index (κ3) is 16.1. The van der Waals surface area contributed by atoms with Crippen molar-refractivity contribution in [3.8, 4) is 0 Å². The monoisotopic (exact) mass is 436 g/mol. The molecule has 0 rings (SSSR count). The molecule has 13 heteroatoms. The molecule has 26 heavy (non-hydrogen) atoms.